The number of hydrogen-bond donors (Lipinski definition) is 2. The predicted octanol–water partition coefficient (Wildman–Crippen LogP) is 1.82. The van der Waals surface area contributed by atoms with Crippen molar-refractivity contribution in [3.63, 3.8) is 0 Å². The molecule has 0 spiro atoms. The molecule has 1 amide bonds. The van der Waals surface area contributed by atoms with Crippen molar-refractivity contribution in [2.24, 2.45) is 11.7 Å². The van der Waals surface area contributed by atoms with Crippen molar-refractivity contribution in [2.45, 2.75) is 39.3 Å². The van der Waals surface area contributed by atoms with E-state index in [1.807, 2.05) is 57.3 Å². The van der Waals surface area contributed by atoms with Gasteiger partial charge in [-0.2, -0.15) is 0 Å². The van der Waals surface area contributed by atoms with Gasteiger partial charge in [-0.3, -0.25) is 4.79 Å². The zero-order chi connectivity index (χ0) is 16.1. The van der Waals surface area contributed by atoms with Crippen LogP contribution in [0.4, 0.5) is 0 Å². The molecule has 3 unspecified atom stereocenters. The summed E-state index contributed by atoms with van der Waals surface area (Å²) in [5.41, 5.74) is 7.57. The van der Waals surface area contributed by atoms with Crippen LogP contribution in [0.15, 0.2) is 36.5 Å². The van der Waals surface area contributed by atoms with Crippen molar-refractivity contribution >= 4 is 5.91 Å². The number of nitrogens with zero attached hydrogens (tertiary/aromatic N) is 3. The van der Waals surface area contributed by atoms with Crippen molar-refractivity contribution in [1.82, 2.24) is 20.3 Å². The molecule has 0 saturated carbocycles. The smallest absolute Gasteiger partial charge is 0.237 e. The van der Waals surface area contributed by atoms with Crippen molar-refractivity contribution in [1.29, 1.82) is 0 Å². The van der Waals surface area contributed by atoms with Crippen LogP contribution in [-0.2, 0) is 4.79 Å². The highest BCUT2D eigenvalue weighted by Crippen LogP contribution is 2.13. The quantitative estimate of drug-likeness (QED) is 0.852. The normalized spacial score (nSPS) is 15.1. The highest BCUT2D eigenvalue weighted by atomic mass is 16.2. The average Bonchev–Trinajstić information content (AvgIpc) is 3.04. The van der Waals surface area contributed by atoms with Crippen molar-refractivity contribution in [2.75, 3.05) is 0 Å². The van der Waals surface area contributed by atoms with Gasteiger partial charge in [0.05, 0.1) is 24.0 Å². The summed E-state index contributed by atoms with van der Waals surface area (Å²) in [6.07, 6.45) is 2.68. The van der Waals surface area contributed by atoms with E-state index in [2.05, 4.69) is 15.6 Å². The molecule has 3 atom stereocenters. The summed E-state index contributed by atoms with van der Waals surface area (Å²) < 4.78 is 1.69. The molecule has 0 radical (unpaired) electrons. The van der Waals surface area contributed by atoms with E-state index < -0.39 is 6.04 Å². The largest absolute Gasteiger partial charge is 0.347 e. The number of hydrogen-bond acceptors (Lipinski definition) is 4. The van der Waals surface area contributed by atoms with Crippen LogP contribution in [0.5, 0.6) is 0 Å². The van der Waals surface area contributed by atoms with E-state index in [1.54, 1.807) is 4.68 Å². The molecule has 118 valence electrons. The average molecular weight is 301 g/mol. The molecular formula is C16H23N5O. The summed E-state index contributed by atoms with van der Waals surface area (Å²) in [6.45, 7) is 5.87. The van der Waals surface area contributed by atoms with E-state index in [1.165, 1.54) is 0 Å². The van der Waals surface area contributed by atoms with Crippen molar-refractivity contribution in [3.8, 4) is 5.69 Å². The van der Waals surface area contributed by atoms with Crippen LogP contribution < -0.4 is 11.1 Å². The van der Waals surface area contributed by atoms with Crippen LogP contribution in [0.2, 0.25) is 0 Å². The second kappa shape index (κ2) is 7.17. The second-order valence-corrected chi connectivity index (χ2v) is 5.57. The van der Waals surface area contributed by atoms with Gasteiger partial charge in [0.15, 0.2) is 0 Å². The second-order valence-electron chi connectivity index (χ2n) is 5.57. The first-order chi connectivity index (χ1) is 10.5. The maximum absolute atomic E-state index is 12.1. The van der Waals surface area contributed by atoms with E-state index in [4.69, 9.17) is 5.73 Å². The fourth-order valence-electron chi connectivity index (χ4n) is 2.08. The zero-order valence-electron chi connectivity index (χ0n) is 13.2. The van der Waals surface area contributed by atoms with Crippen LogP contribution in [0.3, 0.4) is 0 Å². The molecule has 1 heterocycles. The standard InChI is InChI=1S/C16H23N5O/c1-4-11(2)15(17)16(22)18-12(3)14-10-21(20-19-14)13-8-6-5-7-9-13/h5-12,15H,4,17H2,1-3H3,(H,18,22). The van der Waals surface area contributed by atoms with Gasteiger partial charge >= 0.3 is 0 Å². The van der Waals surface area contributed by atoms with Gasteiger partial charge in [-0.25, -0.2) is 4.68 Å². The molecule has 0 fully saturated rings. The fourth-order valence-corrected chi connectivity index (χ4v) is 2.08. The molecule has 22 heavy (non-hydrogen) atoms. The van der Waals surface area contributed by atoms with Crippen molar-refractivity contribution in [3.05, 3.63) is 42.2 Å². The predicted molar refractivity (Wildman–Crippen MR) is 85.3 cm³/mol. The van der Waals surface area contributed by atoms with Gasteiger partial charge in [-0.05, 0) is 25.0 Å². The Balaban J connectivity index is 2.03. The topological polar surface area (TPSA) is 85.8 Å². The lowest BCUT2D eigenvalue weighted by molar-refractivity contribution is -0.124. The maximum Gasteiger partial charge on any atom is 0.237 e. The number of rotatable bonds is 6. The molecule has 0 aliphatic heterocycles. The van der Waals surface area contributed by atoms with Gasteiger partial charge in [0, 0.05) is 0 Å². The zero-order valence-corrected chi connectivity index (χ0v) is 13.2. The molecule has 1 aromatic heterocycles. The Bertz CT molecular complexity index is 610. The number of aromatic nitrogens is 3. The van der Waals surface area contributed by atoms with E-state index >= 15 is 0 Å². The third kappa shape index (κ3) is 3.71. The number of benzene rings is 1. The van der Waals surface area contributed by atoms with Crippen LogP contribution in [-0.4, -0.2) is 26.9 Å². The van der Waals surface area contributed by atoms with Crippen LogP contribution >= 0.6 is 0 Å². The third-order valence-corrected chi connectivity index (χ3v) is 3.89. The SMILES string of the molecule is CCC(C)C(N)C(=O)NC(C)c1cn(-c2ccccc2)nn1. The molecule has 1 aromatic carbocycles. The Morgan fingerprint density at radius 2 is 2.00 bits per heavy atom. The first-order valence-electron chi connectivity index (χ1n) is 7.56. The molecular weight excluding hydrogens is 278 g/mol. The third-order valence-electron chi connectivity index (χ3n) is 3.89. The van der Waals surface area contributed by atoms with E-state index in [9.17, 15) is 4.79 Å². The number of carbonyl (C=O) groups excluding carboxylic acids is 1. The molecule has 0 aliphatic rings. The number of nitrogens with one attached hydrogen (secondary N) is 1. The van der Waals surface area contributed by atoms with Crippen LogP contribution in [0, 0.1) is 5.92 Å². The molecule has 6 heteroatoms. The minimum atomic E-state index is -0.503. The Hall–Kier alpha value is -2.21. The van der Waals surface area contributed by atoms with Crippen LogP contribution in [0.1, 0.15) is 38.9 Å². The molecule has 0 saturated heterocycles. The lowest BCUT2D eigenvalue weighted by atomic mass is 9.99. The summed E-state index contributed by atoms with van der Waals surface area (Å²) in [7, 11) is 0. The highest BCUT2D eigenvalue weighted by Gasteiger charge is 2.22. The highest BCUT2D eigenvalue weighted by molar-refractivity contribution is 5.82. The van der Waals surface area contributed by atoms with Gasteiger partial charge < -0.3 is 11.1 Å². The van der Waals surface area contributed by atoms with Gasteiger partial charge in [-0.1, -0.05) is 43.7 Å². The van der Waals surface area contributed by atoms with Gasteiger partial charge in [0.1, 0.15) is 5.69 Å². The summed E-state index contributed by atoms with van der Waals surface area (Å²) in [5.74, 6) is -0.0108. The molecule has 2 rings (SSSR count). The van der Waals surface area contributed by atoms with Crippen molar-refractivity contribution < 1.29 is 4.79 Å². The number of amides is 1. The minimum absolute atomic E-state index is 0.146. The summed E-state index contributed by atoms with van der Waals surface area (Å²) >= 11 is 0. The molecule has 0 bridgehead atoms. The molecule has 3 N–H and O–H groups in total. The molecule has 0 aliphatic carbocycles. The Kier molecular flexibility index (Phi) is 5.27. The summed E-state index contributed by atoms with van der Waals surface area (Å²) in [5, 5.41) is 11.1. The van der Waals surface area contributed by atoms with E-state index in [0.717, 1.165) is 12.1 Å². The van der Waals surface area contributed by atoms with E-state index in [-0.39, 0.29) is 17.9 Å². The summed E-state index contributed by atoms with van der Waals surface area (Å²) in [4.78, 5) is 12.1. The number of carbonyl (C=O) groups is 1. The molecule has 2 aromatic rings. The number of nitrogens with two attached hydrogens (primary N) is 1. The number of para-hydroxylation sites is 1. The van der Waals surface area contributed by atoms with Crippen LogP contribution in [0.25, 0.3) is 5.69 Å². The lowest BCUT2D eigenvalue weighted by Crippen LogP contribution is -2.45. The Morgan fingerprint density at radius 1 is 1.32 bits per heavy atom. The maximum atomic E-state index is 12.1. The van der Waals surface area contributed by atoms with E-state index in [0.29, 0.717) is 5.69 Å². The molecule has 6 nitrogen and oxygen atoms in total. The lowest BCUT2D eigenvalue weighted by Gasteiger charge is -2.20. The summed E-state index contributed by atoms with van der Waals surface area (Å²) in [6, 6.07) is 8.97. The van der Waals surface area contributed by atoms with Gasteiger partial charge in [0.2, 0.25) is 5.91 Å². The Morgan fingerprint density at radius 3 is 2.64 bits per heavy atom. The van der Waals surface area contributed by atoms with Gasteiger partial charge in [0.25, 0.3) is 0 Å². The Labute approximate surface area is 130 Å². The van der Waals surface area contributed by atoms with Gasteiger partial charge in [-0.15, -0.1) is 5.10 Å². The first kappa shape index (κ1) is 16.2. The minimum Gasteiger partial charge on any atom is -0.347 e. The fraction of sp³-hybridized carbons (Fsp3) is 0.438. The first-order valence-corrected chi connectivity index (χ1v) is 7.56. The monoisotopic (exact) mass is 301 g/mol.